The summed E-state index contributed by atoms with van der Waals surface area (Å²) in [6, 6.07) is 23.9. The van der Waals surface area contributed by atoms with Gasteiger partial charge in [0.2, 0.25) is 0 Å². The van der Waals surface area contributed by atoms with Crippen LogP contribution in [0.3, 0.4) is 0 Å². The Balaban J connectivity index is 1.32. The molecule has 0 aliphatic carbocycles. The van der Waals surface area contributed by atoms with E-state index in [1.807, 2.05) is 6.07 Å². The number of aromatic nitrogens is 2. The van der Waals surface area contributed by atoms with Gasteiger partial charge in [-0.1, -0.05) is 42.1 Å². The number of ether oxygens (including phenoxy) is 1. The summed E-state index contributed by atoms with van der Waals surface area (Å²) in [5, 5.41) is 3.81. The second-order valence-corrected chi connectivity index (χ2v) is 10.4. The Morgan fingerprint density at radius 2 is 2.00 bits per heavy atom. The Morgan fingerprint density at radius 3 is 2.91 bits per heavy atom. The van der Waals surface area contributed by atoms with Crippen LogP contribution in [0.15, 0.2) is 71.1 Å². The number of thiazole rings is 1. The number of aromatic amines is 1. The predicted molar refractivity (Wildman–Crippen MR) is 133 cm³/mol. The number of nitrogens with two attached hydrogens (primary N) is 1. The Bertz CT molecular complexity index is 1390. The number of rotatable bonds is 5. The fourth-order valence-electron chi connectivity index (χ4n) is 4.73. The lowest BCUT2D eigenvalue weighted by atomic mass is 9.93. The van der Waals surface area contributed by atoms with Crippen molar-refractivity contribution in [1.82, 2.24) is 9.97 Å². The molecular weight excluding hydrogens is 434 g/mol. The van der Waals surface area contributed by atoms with Crippen LogP contribution in [0.5, 0.6) is 5.75 Å². The Labute approximate surface area is 195 Å². The molecule has 0 radical (unpaired) electrons. The molecule has 6 rings (SSSR count). The molecule has 1 aliphatic heterocycles. The molecule has 3 heterocycles. The summed E-state index contributed by atoms with van der Waals surface area (Å²) in [6.45, 7) is 1.10. The van der Waals surface area contributed by atoms with Crippen molar-refractivity contribution in [2.24, 2.45) is 0 Å². The van der Waals surface area contributed by atoms with Crippen LogP contribution in [0.2, 0.25) is 0 Å². The summed E-state index contributed by atoms with van der Waals surface area (Å²) in [4.78, 5) is 8.49. The van der Waals surface area contributed by atoms with E-state index < -0.39 is 0 Å². The maximum absolute atomic E-state index is 5.70. The molecule has 3 N–H and O–H groups in total. The number of methoxy groups -OCH3 is 1. The first-order valence-corrected chi connectivity index (χ1v) is 12.7. The molecule has 0 unspecified atom stereocenters. The molecule has 1 aliphatic rings. The highest BCUT2D eigenvalue weighted by atomic mass is 32.2. The highest BCUT2D eigenvalue weighted by Gasteiger charge is 2.29. The summed E-state index contributed by atoms with van der Waals surface area (Å²) in [7, 11) is 1.75. The van der Waals surface area contributed by atoms with Crippen LogP contribution in [0.4, 0.5) is 0 Å². The number of fused-ring (bicyclic) bond motifs is 4. The van der Waals surface area contributed by atoms with Gasteiger partial charge in [-0.2, -0.15) is 0 Å². The number of thioether (sulfide) groups is 1. The van der Waals surface area contributed by atoms with Crippen molar-refractivity contribution in [2.75, 3.05) is 13.7 Å². The molecule has 5 aromatic rings. The van der Waals surface area contributed by atoms with Crippen molar-refractivity contribution < 1.29 is 10.1 Å². The molecule has 4 nitrogen and oxygen atoms in total. The first-order chi connectivity index (χ1) is 15.8. The number of H-pyrrole nitrogens is 1. The lowest BCUT2D eigenvalue weighted by molar-refractivity contribution is -0.690. The Morgan fingerprint density at radius 1 is 1.12 bits per heavy atom. The maximum Gasteiger partial charge on any atom is 0.153 e. The van der Waals surface area contributed by atoms with Gasteiger partial charge >= 0.3 is 0 Å². The zero-order chi connectivity index (χ0) is 21.5. The van der Waals surface area contributed by atoms with E-state index in [0.717, 1.165) is 34.3 Å². The number of para-hydroxylation sites is 2. The summed E-state index contributed by atoms with van der Waals surface area (Å²) < 4.78 is 8.04. The average Bonchev–Trinajstić information content (AvgIpc) is 3.43. The van der Waals surface area contributed by atoms with E-state index in [9.17, 15) is 0 Å². The van der Waals surface area contributed by atoms with E-state index in [2.05, 4.69) is 71.0 Å². The lowest BCUT2D eigenvalue weighted by Gasteiger charge is -2.22. The van der Waals surface area contributed by atoms with Gasteiger partial charge in [0.05, 0.1) is 29.6 Å². The van der Waals surface area contributed by atoms with Gasteiger partial charge in [-0.25, -0.2) is 4.98 Å². The average molecular weight is 459 g/mol. The van der Waals surface area contributed by atoms with Gasteiger partial charge in [-0.3, -0.25) is 0 Å². The molecule has 0 saturated heterocycles. The van der Waals surface area contributed by atoms with E-state index >= 15 is 0 Å². The van der Waals surface area contributed by atoms with Crippen molar-refractivity contribution in [3.8, 4) is 5.75 Å². The quantitative estimate of drug-likeness (QED) is 0.352. The predicted octanol–water partition coefficient (Wildman–Crippen LogP) is 5.29. The minimum atomic E-state index is 0.281. The molecule has 160 valence electrons. The summed E-state index contributed by atoms with van der Waals surface area (Å²) in [5.74, 6) is 1.78. The fraction of sp³-hybridized carbons (Fsp3) is 0.192. The maximum atomic E-state index is 5.70. The monoisotopic (exact) mass is 458 g/mol. The summed E-state index contributed by atoms with van der Waals surface area (Å²) in [6.07, 6.45) is 1.10. The van der Waals surface area contributed by atoms with Crippen LogP contribution in [0.1, 0.15) is 28.4 Å². The van der Waals surface area contributed by atoms with Crippen LogP contribution in [0, 0.1) is 0 Å². The highest BCUT2D eigenvalue weighted by Crippen LogP contribution is 2.36. The molecule has 0 spiro atoms. The van der Waals surface area contributed by atoms with E-state index in [0.29, 0.717) is 0 Å². The minimum Gasteiger partial charge on any atom is -0.496 e. The third-order valence-corrected chi connectivity index (χ3v) is 8.47. The standard InChI is InChI=1S/C26H23N3OS2/c1-30-22-11-10-16(14-17(22)15-31-26-29-21-8-4-5-9-23(21)32-26)24-25-19(12-13-27-24)18-6-2-3-7-20(18)28-25/h2-11,14,24,27-28H,12-13,15H2,1H3/p+1/t24-/m1/s1. The second-order valence-electron chi connectivity index (χ2n) is 8.12. The molecule has 0 amide bonds. The van der Waals surface area contributed by atoms with Gasteiger partial charge in [-0.05, 0) is 42.0 Å². The van der Waals surface area contributed by atoms with Crippen LogP contribution < -0.4 is 10.1 Å². The van der Waals surface area contributed by atoms with E-state index in [-0.39, 0.29) is 6.04 Å². The third kappa shape index (κ3) is 3.48. The number of quaternary nitrogens is 1. The topological polar surface area (TPSA) is 54.5 Å². The van der Waals surface area contributed by atoms with Gasteiger partial charge in [-0.15, -0.1) is 11.3 Å². The lowest BCUT2D eigenvalue weighted by Crippen LogP contribution is -2.87. The van der Waals surface area contributed by atoms with Crippen molar-refractivity contribution in [3.63, 3.8) is 0 Å². The molecule has 2 aromatic heterocycles. The van der Waals surface area contributed by atoms with Crippen LogP contribution >= 0.6 is 23.1 Å². The van der Waals surface area contributed by atoms with Crippen LogP contribution in [-0.4, -0.2) is 23.6 Å². The van der Waals surface area contributed by atoms with Gasteiger partial charge in [0.25, 0.3) is 0 Å². The van der Waals surface area contributed by atoms with Gasteiger partial charge < -0.3 is 15.0 Å². The fourth-order valence-corrected chi connectivity index (χ4v) is 6.77. The normalized spacial score (nSPS) is 15.8. The molecule has 1 atom stereocenters. The van der Waals surface area contributed by atoms with Crippen LogP contribution in [-0.2, 0) is 12.2 Å². The molecular formula is C26H24N3OS2+. The smallest absolute Gasteiger partial charge is 0.153 e. The molecule has 0 fully saturated rings. The number of nitrogens with zero attached hydrogens (tertiary/aromatic N) is 1. The van der Waals surface area contributed by atoms with Crippen molar-refractivity contribution in [2.45, 2.75) is 22.6 Å². The highest BCUT2D eigenvalue weighted by molar-refractivity contribution is 8.00. The van der Waals surface area contributed by atoms with Crippen molar-refractivity contribution >= 4 is 44.2 Å². The number of benzene rings is 3. The van der Waals surface area contributed by atoms with E-state index in [1.54, 1.807) is 30.2 Å². The molecule has 6 heteroatoms. The number of hydrogen-bond donors (Lipinski definition) is 2. The molecule has 32 heavy (non-hydrogen) atoms. The van der Waals surface area contributed by atoms with Gasteiger partial charge in [0, 0.05) is 34.2 Å². The molecule has 0 bridgehead atoms. The molecule has 3 aromatic carbocycles. The molecule has 0 saturated carbocycles. The van der Waals surface area contributed by atoms with E-state index in [4.69, 9.17) is 9.72 Å². The summed E-state index contributed by atoms with van der Waals surface area (Å²) in [5.41, 5.74) is 7.65. The van der Waals surface area contributed by atoms with Crippen LogP contribution in [0.25, 0.3) is 21.1 Å². The van der Waals surface area contributed by atoms with Crippen molar-refractivity contribution in [1.29, 1.82) is 0 Å². The van der Waals surface area contributed by atoms with Gasteiger partial charge in [0.15, 0.2) is 10.4 Å². The van der Waals surface area contributed by atoms with Crippen molar-refractivity contribution in [3.05, 3.63) is 89.1 Å². The SMILES string of the molecule is COc1ccc([C@H]2[NH2+]CCc3c2[nH]c2ccccc32)cc1CSc1nc2ccccc2s1. The minimum absolute atomic E-state index is 0.281. The first-order valence-electron chi connectivity index (χ1n) is 10.9. The first kappa shape index (κ1) is 19.9. The third-order valence-electron chi connectivity index (χ3n) is 6.24. The van der Waals surface area contributed by atoms with Gasteiger partial charge in [0.1, 0.15) is 5.75 Å². The Kier molecular flexibility index (Phi) is 5.14. The summed E-state index contributed by atoms with van der Waals surface area (Å²) >= 11 is 3.54. The second kappa shape index (κ2) is 8.28. The van der Waals surface area contributed by atoms with E-state index in [1.165, 1.54) is 38.0 Å². The number of hydrogen-bond acceptors (Lipinski definition) is 4. The number of nitrogens with one attached hydrogen (secondary N) is 1. The largest absolute Gasteiger partial charge is 0.496 e. The zero-order valence-corrected chi connectivity index (χ0v) is 19.4. The zero-order valence-electron chi connectivity index (χ0n) is 17.8. The Hall–Kier alpha value is -2.80.